The number of hydrogen-bond donors (Lipinski definition) is 1. The fourth-order valence-corrected chi connectivity index (χ4v) is 2.26. The lowest BCUT2D eigenvalue weighted by Crippen LogP contribution is -2.02. The molecule has 1 N–H and O–H groups in total. The highest BCUT2D eigenvalue weighted by Crippen LogP contribution is 2.22. The van der Waals surface area contributed by atoms with E-state index in [1.54, 1.807) is 0 Å². The molecule has 0 radical (unpaired) electrons. The van der Waals surface area contributed by atoms with Gasteiger partial charge in [0.15, 0.2) is 0 Å². The van der Waals surface area contributed by atoms with E-state index in [0.717, 1.165) is 28.5 Å². The van der Waals surface area contributed by atoms with E-state index in [1.165, 1.54) is 5.56 Å². The highest BCUT2D eigenvalue weighted by Gasteiger charge is 2.11. The van der Waals surface area contributed by atoms with Gasteiger partial charge in [-0.25, -0.2) is 0 Å². The number of hydrogen-bond acceptors (Lipinski definition) is 2. The number of nitrogens with zero attached hydrogens (tertiary/aromatic N) is 2. The van der Waals surface area contributed by atoms with Crippen LogP contribution in [0.1, 0.15) is 36.6 Å². The van der Waals surface area contributed by atoms with Gasteiger partial charge >= 0.3 is 0 Å². The first-order chi connectivity index (χ1) is 8.97. The summed E-state index contributed by atoms with van der Waals surface area (Å²) in [6, 6.07) is 6.03. The van der Waals surface area contributed by atoms with E-state index in [1.807, 2.05) is 36.9 Å². The molecule has 0 bridgehead atoms. The summed E-state index contributed by atoms with van der Waals surface area (Å²) in [5.74, 6) is 0.430. The molecule has 0 aliphatic rings. The van der Waals surface area contributed by atoms with Crippen molar-refractivity contribution >= 4 is 17.3 Å². The molecule has 2 rings (SSSR count). The van der Waals surface area contributed by atoms with Crippen molar-refractivity contribution in [1.82, 2.24) is 9.78 Å². The highest BCUT2D eigenvalue weighted by molar-refractivity contribution is 6.31. The lowest BCUT2D eigenvalue weighted by molar-refractivity contribution is 0.712. The number of benzene rings is 1. The van der Waals surface area contributed by atoms with Gasteiger partial charge < -0.3 is 5.32 Å². The second-order valence-electron chi connectivity index (χ2n) is 5.19. The molecule has 19 heavy (non-hydrogen) atoms. The van der Waals surface area contributed by atoms with Gasteiger partial charge in [0.25, 0.3) is 0 Å². The molecule has 0 spiro atoms. The van der Waals surface area contributed by atoms with Crippen LogP contribution in [-0.2, 0) is 13.6 Å². The van der Waals surface area contributed by atoms with Crippen LogP contribution in [0.5, 0.6) is 0 Å². The number of rotatable bonds is 4. The van der Waals surface area contributed by atoms with Crippen LogP contribution in [0.25, 0.3) is 0 Å². The second-order valence-corrected chi connectivity index (χ2v) is 5.59. The number of aromatic nitrogens is 2. The third-order valence-corrected chi connectivity index (χ3v) is 3.55. The lowest BCUT2D eigenvalue weighted by Gasteiger charge is -2.09. The van der Waals surface area contributed by atoms with Crippen LogP contribution in [-0.4, -0.2) is 9.78 Å². The van der Waals surface area contributed by atoms with Crippen LogP contribution < -0.4 is 5.32 Å². The van der Waals surface area contributed by atoms with Crippen LogP contribution in [0.3, 0.4) is 0 Å². The number of anilines is 1. The van der Waals surface area contributed by atoms with Gasteiger partial charge in [0, 0.05) is 36.1 Å². The Balaban J connectivity index is 2.12. The van der Waals surface area contributed by atoms with Gasteiger partial charge in [-0.3, -0.25) is 4.68 Å². The summed E-state index contributed by atoms with van der Waals surface area (Å²) in [7, 11) is 1.96. The number of nitrogens with one attached hydrogen (secondary N) is 1. The molecule has 1 heterocycles. The summed E-state index contributed by atoms with van der Waals surface area (Å²) < 4.78 is 1.87. The van der Waals surface area contributed by atoms with Gasteiger partial charge in [0.2, 0.25) is 0 Å². The average Bonchev–Trinajstić information content (AvgIpc) is 2.72. The maximum atomic E-state index is 6.12. The van der Waals surface area contributed by atoms with Crippen molar-refractivity contribution in [2.24, 2.45) is 7.05 Å². The molecule has 0 saturated carbocycles. The molecule has 102 valence electrons. The molecule has 3 nitrogen and oxygen atoms in total. The zero-order valence-corrected chi connectivity index (χ0v) is 12.6. The fourth-order valence-electron chi connectivity index (χ4n) is 2.08. The lowest BCUT2D eigenvalue weighted by atomic mass is 10.1. The predicted molar refractivity (Wildman–Crippen MR) is 80.8 cm³/mol. The second kappa shape index (κ2) is 5.66. The van der Waals surface area contributed by atoms with Gasteiger partial charge in [0.05, 0.1) is 5.69 Å². The zero-order chi connectivity index (χ0) is 14.0. The van der Waals surface area contributed by atoms with Crippen LogP contribution in [0.15, 0.2) is 24.4 Å². The topological polar surface area (TPSA) is 29.9 Å². The van der Waals surface area contributed by atoms with Crippen molar-refractivity contribution in [1.29, 1.82) is 0 Å². The quantitative estimate of drug-likeness (QED) is 0.911. The van der Waals surface area contributed by atoms with E-state index in [9.17, 15) is 0 Å². The maximum absolute atomic E-state index is 6.12. The monoisotopic (exact) mass is 277 g/mol. The first-order valence-electron chi connectivity index (χ1n) is 6.50. The molecule has 0 amide bonds. The Morgan fingerprint density at radius 2 is 2.11 bits per heavy atom. The smallest absolute Gasteiger partial charge is 0.0699 e. The molecule has 4 heteroatoms. The summed E-state index contributed by atoms with van der Waals surface area (Å²) in [5, 5.41) is 8.70. The minimum absolute atomic E-state index is 0.430. The molecule has 2 aromatic rings. The summed E-state index contributed by atoms with van der Waals surface area (Å²) in [5.41, 5.74) is 4.51. The number of halogens is 1. The van der Waals surface area contributed by atoms with Gasteiger partial charge in [-0.1, -0.05) is 31.5 Å². The fraction of sp³-hybridized carbons (Fsp3) is 0.400. The Kier molecular flexibility index (Phi) is 4.15. The van der Waals surface area contributed by atoms with Crippen molar-refractivity contribution in [2.45, 2.75) is 33.2 Å². The van der Waals surface area contributed by atoms with E-state index in [2.05, 4.69) is 30.5 Å². The molecular weight excluding hydrogens is 258 g/mol. The van der Waals surface area contributed by atoms with Crippen LogP contribution in [0.2, 0.25) is 5.02 Å². The van der Waals surface area contributed by atoms with Crippen molar-refractivity contribution in [3.63, 3.8) is 0 Å². The molecule has 0 saturated heterocycles. The Bertz CT molecular complexity index is 573. The van der Waals surface area contributed by atoms with E-state index in [4.69, 9.17) is 11.6 Å². The molecule has 0 unspecified atom stereocenters. The van der Waals surface area contributed by atoms with Gasteiger partial charge in [0.1, 0.15) is 0 Å². The van der Waals surface area contributed by atoms with Crippen molar-refractivity contribution in [2.75, 3.05) is 5.32 Å². The van der Waals surface area contributed by atoms with Crippen LogP contribution in [0.4, 0.5) is 5.69 Å². The zero-order valence-electron chi connectivity index (χ0n) is 11.9. The van der Waals surface area contributed by atoms with Crippen LogP contribution in [0, 0.1) is 6.92 Å². The first kappa shape index (κ1) is 13.9. The molecular formula is C15H20ClN3. The van der Waals surface area contributed by atoms with Crippen molar-refractivity contribution < 1.29 is 0 Å². The standard InChI is InChI=1S/C15H20ClN3/c1-10(2)15-12(9-19(4)18-15)8-17-13-6-5-11(3)14(16)7-13/h5-7,9-10,17H,8H2,1-4H3. The van der Waals surface area contributed by atoms with Gasteiger partial charge in [-0.15, -0.1) is 0 Å². The van der Waals surface area contributed by atoms with E-state index in [0.29, 0.717) is 5.92 Å². The predicted octanol–water partition coefficient (Wildman–Crippen LogP) is 4.12. The van der Waals surface area contributed by atoms with E-state index in [-0.39, 0.29) is 0 Å². The van der Waals surface area contributed by atoms with Crippen molar-refractivity contribution in [3.8, 4) is 0 Å². The molecule has 1 aromatic carbocycles. The minimum Gasteiger partial charge on any atom is -0.381 e. The molecule has 0 aliphatic heterocycles. The average molecular weight is 278 g/mol. The molecule has 1 aromatic heterocycles. The first-order valence-corrected chi connectivity index (χ1v) is 6.87. The van der Waals surface area contributed by atoms with Gasteiger partial charge in [-0.05, 0) is 30.5 Å². The maximum Gasteiger partial charge on any atom is 0.0699 e. The summed E-state index contributed by atoms with van der Waals surface area (Å²) in [4.78, 5) is 0. The molecule has 0 atom stereocenters. The summed E-state index contributed by atoms with van der Waals surface area (Å²) >= 11 is 6.12. The summed E-state index contributed by atoms with van der Waals surface area (Å²) in [6.45, 7) is 7.09. The molecule has 0 aliphatic carbocycles. The normalized spacial score (nSPS) is 11.1. The Hall–Kier alpha value is -1.48. The van der Waals surface area contributed by atoms with E-state index >= 15 is 0 Å². The van der Waals surface area contributed by atoms with Crippen LogP contribution >= 0.6 is 11.6 Å². The van der Waals surface area contributed by atoms with E-state index < -0.39 is 0 Å². The third-order valence-electron chi connectivity index (χ3n) is 3.14. The SMILES string of the molecule is Cc1ccc(NCc2cn(C)nc2C(C)C)cc1Cl. The Morgan fingerprint density at radius 1 is 1.37 bits per heavy atom. The minimum atomic E-state index is 0.430. The Morgan fingerprint density at radius 3 is 2.74 bits per heavy atom. The highest BCUT2D eigenvalue weighted by atomic mass is 35.5. The third kappa shape index (κ3) is 3.29. The number of aryl methyl sites for hydroxylation is 2. The summed E-state index contributed by atoms with van der Waals surface area (Å²) in [6.07, 6.45) is 2.07. The van der Waals surface area contributed by atoms with Gasteiger partial charge in [-0.2, -0.15) is 5.10 Å². The van der Waals surface area contributed by atoms with Crippen molar-refractivity contribution in [3.05, 3.63) is 46.2 Å². The molecule has 0 fully saturated rings. The Labute approximate surface area is 119 Å². The largest absolute Gasteiger partial charge is 0.381 e.